The third-order valence-corrected chi connectivity index (χ3v) is 6.08. The molecule has 5 rings (SSSR count). The molecular formula is C23H20ClFN6O2. The number of benzene rings is 2. The van der Waals surface area contributed by atoms with Crippen molar-refractivity contribution in [3.63, 3.8) is 0 Å². The van der Waals surface area contributed by atoms with E-state index in [1.165, 1.54) is 12.1 Å². The third kappa shape index (κ3) is 4.07. The van der Waals surface area contributed by atoms with Gasteiger partial charge in [-0.15, -0.1) is 10.2 Å². The van der Waals surface area contributed by atoms with Gasteiger partial charge in [0, 0.05) is 47.5 Å². The minimum atomic E-state index is -0.344. The molecule has 2 amide bonds. The van der Waals surface area contributed by atoms with E-state index in [-0.39, 0.29) is 23.6 Å². The van der Waals surface area contributed by atoms with Crippen LogP contribution in [0.15, 0.2) is 46.9 Å². The zero-order chi connectivity index (χ0) is 23.1. The summed E-state index contributed by atoms with van der Waals surface area (Å²) in [6.07, 6.45) is 0.639. The van der Waals surface area contributed by atoms with Gasteiger partial charge in [0.15, 0.2) is 5.69 Å². The molecule has 1 aliphatic rings. The number of amides is 2. The first kappa shape index (κ1) is 21.1. The highest BCUT2D eigenvalue weighted by Crippen LogP contribution is 2.31. The van der Waals surface area contributed by atoms with Crippen LogP contribution in [0.2, 0.25) is 5.02 Å². The normalized spacial score (nSPS) is 13.2. The van der Waals surface area contributed by atoms with Crippen molar-refractivity contribution in [1.82, 2.24) is 24.9 Å². The van der Waals surface area contributed by atoms with E-state index in [0.29, 0.717) is 41.5 Å². The second kappa shape index (κ2) is 8.32. The van der Waals surface area contributed by atoms with Crippen molar-refractivity contribution in [2.24, 2.45) is 7.05 Å². The van der Waals surface area contributed by atoms with Crippen molar-refractivity contribution in [2.75, 3.05) is 11.9 Å². The van der Waals surface area contributed by atoms with Crippen LogP contribution in [-0.4, -0.2) is 37.5 Å². The van der Waals surface area contributed by atoms with Gasteiger partial charge in [-0.25, -0.2) is 9.18 Å². The molecule has 1 N–H and O–H groups in total. The molecule has 0 radical (unpaired) electrons. The zero-order valence-electron chi connectivity index (χ0n) is 18.0. The van der Waals surface area contributed by atoms with Crippen LogP contribution in [0.4, 0.5) is 14.9 Å². The summed E-state index contributed by atoms with van der Waals surface area (Å²) in [6.45, 7) is 2.79. The number of nitrogens with one attached hydrogen (secondary N) is 1. The number of aromatic nitrogens is 4. The van der Waals surface area contributed by atoms with Crippen LogP contribution < -0.4 is 5.32 Å². The van der Waals surface area contributed by atoms with Crippen LogP contribution in [0.3, 0.4) is 0 Å². The molecule has 0 atom stereocenters. The number of carbonyl (C=O) groups is 1. The Labute approximate surface area is 194 Å². The maximum Gasteiger partial charge on any atom is 0.322 e. The van der Waals surface area contributed by atoms with Gasteiger partial charge in [0.1, 0.15) is 5.82 Å². The van der Waals surface area contributed by atoms with Crippen molar-refractivity contribution in [3.05, 3.63) is 70.1 Å². The summed E-state index contributed by atoms with van der Waals surface area (Å²) in [7, 11) is 1.85. The van der Waals surface area contributed by atoms with Gasteiger partial charge in [-0.3, -0.25) is 4.68 Å². The highest BCUT2D eigenvalue weighted by molar-refractivity contribution is 6.31. The second-order valence-corrected chi connectivity index (χ2v) is 8.29. The SMILES string of the molecule is Cc1ccc(NC(=O)N2CCc3c(c(-c4nnc(-c5ccc(F)cc5)o4)nn3C)C2)cc1Cl. The highest BCUT2D eigenvalue weighted by atomic mass is 35.5. The molecule has 2 aromatic carbocycles. The van der Waals surface area contributed by atoms with Crippen LogP contribution in [0.1, 0.15) is 16.8 Å². The van der Waals surface area contributed by atoms with E-state index < -0.39 is 0 Å². The Morgan fingerprint density at radius 1 is 1.15 bits per heavy atom. The van der Waals surface area contributed by atoms with Gasteiger partial charge in [0.05, 0.1) is 6.54 Å². The molecule has 1 aliphatic heterocycles. The molecule has 10 heteroatoms. The number of halogens is 2. The van der Waals surface area contributed by atoms with Crippen LogP contribution in [0, 0.1) is 12.7 Å². The summed E-state index contributed by atoms with van der Waals surface area (Å²) >= 11 is 6.18. The molecule has 0 aliphatic carbocycles. The lowest BCUT2D eigenvalue weighted by Crippen LogP contribution is -2.39. The lowest BCUT2D eigenvalue weighted by Gasteiger charge is -2.27. The van der Waals surface area contributed by atoms with E-state index in [4.69, 9.17) is 16.0 Å². The summed E-state index contributed by atoms with van der Waals surface area (Å²) in [5.41, 5.74) is 4.58. The smallest absolute Gasteiger partial charge is 0.322 e. The Balaban J connectivity index is 1.39. The molecule has 2 aromatic heterocycles. The number of aryl methyl sites for hydroxylation is 2. The van der Waals surface area contributed by atoms with Gasteiger partial charge in [0.2, 0.25) is 5.89 Å². The average molecular weight is 467 g/mol. The molecule has 3 heterocycles. The summed E-state index contributed by atoms with van der Waals surface area (Å²) in [5, 5.41) is 16.3. The number of urea groups is 1. The summed E-state index contributed by atoms with van der Waals surface area (Å²) < 4.78 is 20.8. The molecule has 0 fully saturated rings. The number of rotatable bonds is 3. The summed E-state index contributed by atoms with van der Waals surface area (Å²) in [5.74, 6) is 0.174. The van der Waals surface area contributed by atoms with Crippen molar-refractivity contribution in [2.45, 2.75) is 19.9 Å². The molecule has 0 spiro atoms. The van der Waals surface area contributed by atoms with Gasteiger partial charge >= 0.3 is 6.03 Å². The maximum absolute atomic E-state index is 13.2. The first-order valence-corrected chi connectivity index (χ1v) is 10.7. The lowest BCUT2D eigenvalue weighted by atomic mass is 10.1. The molecule has 8 nitrogen and oxygen atoms in total. The molecule has 0 saturated carbocycles. The van der Waals surface area contributed by atoms with Crippen molar-refractivity contribution in [1.29, 1.82) is 0 Å². The predicted molar refractivity (Wildman–Crippen MR) is 121 cm³/mol. The molecule has 168 valence electrons. The van der Waals surface area contributed by atoms with Crippen LogP contribution >= 0.6 is 11.6 Å². The first-order valence-electron chi connectivity index (χ1n) is 10.4. The standard InChI is InChI=1S/C23H20ClFN6O2/c1-13-3-8-16(11-18(13)24)26-23(32)31-10-9-19-17(12-31)20(29-30(19)2)22-28-27-21(33-22)14-4-6-15(25)7-5-14/h3-8,11H,9-10,12H2,1-2H3,(H,26,32). The van der Waals surface area contributed by atoms with Gasteiger partial charge in [-0.2, -0.15) is 5.10 Å². The number of hydrogen-bond donors (Lipinski definition) is 1. The van der Waals surface area contributed by atoms with E-state index >= 15 is 0 Å². The Morgan fingerprint density at radius 3 is 2.67 bits per heavy atom. The lowest BCUT2D eigenvalue weighted by molar-refractivity contribution is 0.206. The molecule has 33 heavy (non-hydrogen) atoms. The fourth-order valence-corrected chi connectivity index (χ4v) is 4.02. The fraction of sp³-hybridized carbons (Fsp3) is 0.217. The monoisotopic (exact) mass is 466 g/mol. The Kier molecular flexibility index (Phi) is 5.33. The van der Waals surface area contributed by atoms with Crippen molar-refractivity contribution in [3.8, 4) is 23.0 Å². The van der Waals surface area contributed by atoms with E-state index in [9.17, 15) is 9.18 Å². The number of hydrogen-bond acceptors (Lipinski definition) is 5. The summed E-state index contributed by atoms with van der Waals surface area (Å²) in [4.78, 5) is 14.6. The number of nitrogens with zero attached hydrogens (tertiary/aromatic N) is 5. The van der Waals surface area contributed by atoms with Gasteiger partial charge in [-0.05, 0) is 48.9 Å². The van der Waals surface area contributed by atoms with Crippen LogP contribution in [0.5, 0.6) is 0 Å². The fourth-order valence-electron chi connectivity index (χ4n) is 3.84. The number of carbonyl (C=O) groups excluding carboxylic acids is 1. The molecular weight excluding hydrogens is 447 g/mol. The Bertz CT molecular complexity index is 1350. The summed E-state index contributed by atoms with van der Waals surface area (Å²) in [6, 6.07) is 11.0. The molecule has 0 bridgehead atoms. The highest BCUT2D eigenvalue weighted by Gasteiger charge is 2.29. The van der Waals surface area contributed by atoms with Crippen LogP contribution in [-0.2, 0) is 20.0 Å². The van der Waals surface area contributed by atoms with Crippen molar-refractivity contribution >= 4 is 23.3 Å². The minimum Gasteiger partial charge on any atom is -0.415 e. The van der Waals surface area contributed by atoms with Gasteiger partial charge in [0.25, 0.3) is 5.89 Å². The number of anilines is 1. The zero-order valence-corrected chi connectivity index (χ0v) is 18.7. The molecule has 0 unspecified atom stereocenters. The van der Waals surface area contributed by atoms with E-state index in [1.807, 2.05) is 26.1 Å². The Morgan fingerprint density at radius 2 is 1.91 bits per heavy atom. The molecule has 4 aromatic rings. The first-order chi connectivity index (χ1) is 15.9. The maximum atomic E-state index is 13.2. The quantitative estimate of drug-likeness (QED) is 0.467. The van der Waals surface area contributed by atoms with E-state index in [0.717, 1.165) is 16.8 Å². The molecule has 0 saturated heterocycles. The van der Waals surface area contributed by atoms with E-state index in [1.54, 1.807) is 27.8 Å². The third-order valence-electron chi connectivity index (χ3n) is 5.67. The topological polar surface area (TPSA) is 89.1 Å². The van der Waals surface area contributed by atoms with Gasteiger partial charge < -0.3 is 14.6 Å². The van der Waals surface area contributed by atoms with Crippen LogP contribution in [0.25, 0.3) is 23.0 Å². The second-order valence-electron chi connectivity index (χ2n) is 7.88. The van der Waals surface area contributed by atoms with Gasteiger partial charge in [-0.1, -0.05) is 17.7 Å². The van der Waals surface area contributed by atoms with Crippen molar-refractivity contribution < 1.29 is 13.6 Å². The predicted octanol–water partition coefficient (Wildman–Crippen LogP) is 4.83. The Hall–Kier alpha value is -3.72. The number of fused-ring (bicyclic) bond motifs is 1. The largest absolute Gasteiger partial charge is 0.415 e. The average Bonchev–Trinajstić information content (AvgIpc) is 3.41. The minimum absolute atomic E-state index is 0.229. The van der Waals surface area contributed by atoms with E-state index in [2.05, 4.69) is 20.6 Å².